The van der Waals surface area contributed by atoms with Gasteiger partial charge in [-0.05, 0) is 19.8 Å². The van der Waals surface area contributed by atoms with E-state index in [2.05, 4.69) is 17.1 Å². The van der Waals surface area contributed by atoms with Gasteiger partial charge in [0.25, 0.3) is 0 Å². The van der Waals surface area contributed by atoms with E-state index >= 15 is 0 Å². The van der Waals surface area contributed by atoms with Crippen molar-refractivity contribution in [1.82, 2.24) is 15.1 Å². The molecule has 2 heterocycles. The van der Waals surface area contributed by atoms with Gasteiger partial charge in [-0.2, -0.15) is 0 Å². The summed E-state index contributed by atoms with van der Waals surface area (Å²) in [4.78, 5) is 16.1. The Hall–Kier alpha value is -0.810. The predicted octanol–water partition coefficient (Wildman–Crippen LogP) is -0.177. The molecule has 1 atom stereocenters. The van der Waals surface area contributed by atoms with E-state index in [4.69, 9.17) is 5.73 Å². The molecule has 1 unspecified atom stereocenters. The molecule has 5 nitrogen and oxygen atoms in total. The average molecular weight is 226 g/mol. The summed E-state index contributed by atoms with van der Waals surface area (Å²) >= 11 is 0. The van der Waals surface area contributed by atoms with Crippen LogP contribution in [0.3, 0.4) is 0 Å². The van der Waals surface area contributed by atoms with Crippen LogP contribution in [0.4, 0.5) is 4.79 Å². The average Bonchev–Trinajstić information content (AvgIpc) is 2.59. The van der Waals surface area contributed by atoms with E-state index in [9.17, 15) is 4.79 Å². The zero-order valence-electron chi connectivity index (χ0n) is 9.98. The summed E-state index contributed by atoms with van der Waals surface area (Å²) in [5.74, 6) is 0. The van der Waals surface area contributed by atoms with Crippen molar-refractivity contribution in [3.63, 3.8) is 0 Å². The molecule has 0 saturated carbocycles. The zero-order valence-corrected chi connectivity index (χ0v) is 9.98. The normalized spacial score (nSPS) is 28.5. The second-order valence-electron chi connectivity index (χ2n) is 4.86. The number of rotatable bonds is 3. The maximum atomic E-state index is 11.7. The minimum atomic E-state index is 0.116. The first-order chi connectivity index (χ1) is 7.70. The summed E-state index contributed by atoms with van der Waals surface area (Å²) in [6.45, 7) is 6.77. The van der Waals surface area contributed by atoms with Gasteiger partial charge in [0.05, 0.1) is 0 Å². The van der Waals surface area contributed by atoms with E-state index in [1.807, 2.05) is 4.90 Å². The smallest absolute Gasteiger partial charge is 0.317 e. The second-order valence-corrected chi connectivity index (χ2v) is 4.86. The molecule has 0 aromatic heterocycles. The number of likely N-dealkylation sites (tertiary alicyclic amines) is 1. The lowest BCUT2D eigenvalue weighted by Crippen LogP contribution is -2.47. The van der Waals surface area contributed by atoms with Gasteiger partial charge in [0.2, 0.25) is 0 Å². The molecule has 3 N–H and O–H groups in total. The van der Waals surface area contributed by atoms with E-state index in [1.165, 1.54) is 0 Å². The van der Waals surface area contributed by atoms with Crippen LogP contribution in [0.25, 0.3) is 0 Å². The molecule has 2 fully saturated rings. The van der Waals surface area contributed by atoms with Crippen molar-refractivity contribution in [2.75, 3.05) is 32.7 Å². The van der Waals surface area contributed by atoms with Crippen molar-refractivity contribution in [1.29, 1.82) is 0 Å². The van der Waals surface area contributed by atoms with E-state index in [0.29, 0.717) is 12.1 Å². The lowest BCUT2D eigenvalue weighted by atomic mass is 10.0. The molecule has 5 heteroatoms. The molecule has 2 rings (SSSR count). The van der Waals surface area contributed by atoms with Gasteiger partial charge in [-0.15, -0.1) is 0 Å². The van der Waals surface area contributed by atoms with Crippen molar-refractivity contribution in [2.24, 2.45) is 5.73 Å². The highest BCUT2D eigenvalue weighted by atomic mass is 16.2. The Morgan fingerprint density at radius 3 is 2.62 bits per heavy atom. The second kappa shape index (κ2) is 5.01. The monoisotopic (exact) mass is 226 g/mol. The topological polar surface area (TPSA) is 61.6 Å². The molecule has 2 saturated heterocycles. The highest BCUT2D eigenvalue weighted by molar-refractivity contribution is 5.77. The summed E-state index contributed by atoms with van der Waals surface area (Å²) in [6, 6.07) is 0.846. The first-order valence-corrected chi connectivity index (χ1v) is 6.20. The van der Waals surface area contributed by atoms with E-state index < -0.39 is 0 Å². The number of nitrogens with one attached hydrogen (secondary N) is 1. The minimum Gasteiger partial charge on any atom is -0.334 e. The van der Waals surface area contributed by atoms with Crippen LogP contribution in [-0.2, 0) is 0 Å². The first kappa shape index (κ1) is 11.7. The molecule has 0 spiro atoms. The van der Waals surface area contributed by atoms with Crippen LogP contribution in [0.15, 0.2) is 0 Å². The Balaban J connectivity index is 1.82. The van der Waals surface area contributed by atoms with Crippen molar-refractivity contribution < 1.29 is 4.79 Å². The first-order valence-electron chi connectivity index (χ1n) is 6.20. The number of amides is 2. The standard InChI is InChI=1S/C11H22N4O/c1-9-8-15(11(16)13-9)10-2-5-14(6-3-10)7-4-12/h9-10H,2-8,12H2,1H3,(H,13,16). The third-order valence-electron chi connectivity index (χ3n) is 3.54. The molecule has 0 aromatic rings. The Kier molecular flexibility index (Phi) is 3.66. The van der Waals surface area contributed by atoms with Crippen molar-refractivity contribution in [3.05, 3.63) is 0 Å². The Morgan fingerprint density at radius 1 is 1.44 bits per heavy atom. The highest BCUT2D eigenvalue weighted by Crippen LogP contribution is 2.19. The Labute approximate surface area is 96.9 Å². The molecular weight excluding hydrogens is 204 g/mol. The lowest BCUT2D eigenvalue weighted by Gasteiger charge is -2.36. The van der Waals surface area contributed by atoms with Crippen LogP contribution >= 0.6 is 0 Å². The number of carbonyl (C=O) groups is 1. The summed E-state index contributed by atoms with van der Waals surface area (Å²) in [5.41, 5.74) is 5.54. The van der Waals surface area contributed by atoms with Gasteiger partial charge in [0.1, 0.15) is 0 Å². The van der Waals surface area contributed by atoms with Crippen LogP contribution in [0.5, 0.6) is 0 Å². The molecule has 92 valence electrons. The van der Waals surface area contributed by atoms with Gasteiger partial charge in [-0.3, -0.25) is 0 Å². The molecule has 0 bridgehead atoms. The minimum absolute atomic E-state index is 0.116. The van der Waals surface area contributed by atoms with Crippen molar-refractivity contribution >= 4 is 6.03 Å². The molecule has 2 aliphatic rings. The van der Waals surface area contributed by atoms with Crippen LogP contribution in [-0.4, -0.2) is 60.6 Å². The lowest BCUT2D eigenvalue weighted by molar-refractivity contribution is 0.137. The number of hydrogen-bond donors (Lipinski definition) is 2. The molecule has 0 aromatic carbocycles. The molecule has 16 heavy (non-hydrogen) atoms. The van der Waals surface area contributed by atoms with Crippen LogP contribution in [0.2, 0.25) is 0 Å². The molecule has 2 amide bonds. The molecule has 2 aliphatic heterocycles. The fraction of sp³-hybridized carbons (Fsp3) is 0.909. The number of nitrogens with zero attached hydrogens (tertiary/aromatic N) is 2. The molecule has 0 radical (unpaired) electrons. The maximum absolute atomic E-state index is 11.7. The van der Waals surface area contributed by atoms with E-state index in [0.717, 1.165) is 45.6 Å². The molecular formula is C11H22N4O. The fourth-order valence-electron chi connectivity index (χ4n) is 2.67. The predicted molar refractivity (Wildman–Crippen MR) is 63.2 cm³/mol. The van der Waals surface area contributed by atoms with Gasteiger partial charge >= 0.3 is 6.03 Å². The molecule has 0 aliphatic carbocycles. The summed E-state index contributed by atoms with van der Waals surface area (Å²) in [5, 5.41) is 2.95. The SMILES string of the molecule is CC1CN(C2CCN(CCN)CC2)C(=O)N1. The largest absolute Gasteiger partial charge is 0.334 e. The Morgan fingerprint density at radius 2 is 2.12 bits per heavy atom. The van der Waals surface area contributed by atoms with Gasteiger partial charge < -0.3 is 20.9 Å². The van der Waals surface area contributed by atoms with Gasteiger partial charge in [0, 0.05) is 44.8 Å². The number of urea groups is 1. The van der Waals surface area contributed by atoms with Gasteiger partial charge in [-0.25, -0.2) is 4.79 Å². The van der Waals surface area contributed by atoms with Crippen LogP contribution < -0.4 is 11.1 Å². The highest BCUT2D eigenvalue weighted by Gasteiger charge is 2.33. The van der Waals surface area contributed by atoms with Gasteiger partial charge in [0.15, 0.2) is 0 Å². The van der Waals surface area contributed by atoms with Crippen molar-refractivity contribution in [2.45, 2.75) is 31.8 Å². The fourth-order valence-corrected chi connectivity index (χ4v) is 2.67. The maximum Gasteiger partial charge on any atom is 0.317 e. The summed E-state index contributed by atoms with van der Waals surface area (Å²) < 4.78 is 0. The van der Waals surface area contributed by atoms with Gasteiger partial charge in [-0.1, -0.05) is 0 Å². The van der Waals surface area contributed by atoms with Crippen molar-refractivity contribution in [3.8, 4) is 0 Å². The number of carbonyl (C=O) groups excluding carboxylic acids is 1. The number of nitrogens with two attached hydrogens (primary N) is 1. The summed E-state index contributed by atoms with van der Waals surface area (Å²) in [7, 11) is 0. The van der Waals surface area contributed by atoms with Crippen LogP contribution in [0, 0.1) is 0 Å². The number of piperidine rings is 1. The summed E-state index contributed by atoms with van der Waals surface area (Å²) in [6.07, 6.45) is 2.17. The Bertz CT molecular complexity index is 250. The third-order valence-corrected chi connectivity index (χ3v) is 3.54. The van der Waals surface area contributed by atoms with E-state index in [-0.39, 0.29) is 6.03 Å². The quantitative estimate of drug-likeness (QED) is 0.702. The van der Waals surface area contributed by atoms with Crippen LogP contribution in [0.1, 0.15) is 19.8 Å². The third kappa shape index (κ3) is 2.47. The van der Waals surface area contributed by atoms with E-state index in [1.54, 1.807) is 0 Å². The zero-order chi connectivity index (χ0) is 11.5. The number of hydrogen-bond acceptors (Lipinski definition) is 3.